The van der Waals surface area contributed by atoms with Crippen molar-refractivity contribution in [1.29, 1.82) is 0 Å². The van der Waals surface area contributed by atoms with E-state index in [1.54, 1.807) is 23.6 Å². The lowest BCUT2D eigenvalue weighted by Crippen LogP contribution is -2.38. The summed E-state index contributed by atoms with van der Waals surface area (Å²) < 4.78 is 18.4. The fourth-order valence-corrected chi connectivity index (χ4v) is 4.96. The van der Waals surface area contributed by atoms with Crippen LogP contribution in [-0.4, -0.2) is 9.13 Å². The highest BCUT2D eigenvalue weighted by Crippen LogP contribution is 2.31. The minimum atomic E-state index is -0.482. The highest BCUT2D eigenvalue weighted by Gasteiger charge is 2.19. The second-order valence-electron chi connectivity index (χ2n) is 7.70. The fraction of sp³-hybridized carbons (Fsp3) is 0.120. The molecule has 6 heteroatoms. The lowest BCUT2D eigenvalue weighted by Gasteiger charge is -2.13. The molecule has 0 aliphatic carbocycles. The average Bonchev–Trinajstić information content (AvgIpc) is 3.15. The van der Waals surface area contributed by atoms with Crippen LogP contribution in [0.5, 0.6) is 0 Å². The van der Waals surface area contributed by atoms with Crippen LogP contribution >= 0.6 is 11.3 Å². The molecule has 0 unspecified atom stereocenters. The second kappa shape index (κ2) is 7.32. The van der Waals surface area contributed by atoms with Gasteiger partial charge < -0.3 is 0 Å². The minimum Gasteiger partial charge on any atom is -0.287 e. The second-order valence-corrected chi connectivity index (χ2v) is 8.76. The van der Waals surface area contributed by atoms with Gasteiger partial charge in [-0.3, -0.25) is 9.36 Å². The molecule has 2 aromatic heterocycles. The zero-order chi connectivity index (χ0) is 21.7. The lowest BCUT2D eigenvalue weighted by atomic mass is 10.1. The Hall–Kier alpha value is -3.51. The zero-order valence-electron chi connectivity index (χ0n) is 17.1. The standard InChI is InChI=1S/C25H19FN2O2S/c1-15-7-10-17(11-8-15)14-27-22-19-5-3-4-6-21(19)31-23(22)24(29)28(25(27)30)18-12-9-16(2)20(26)13-18/h3-13H,14H2,1-2H3. The van der Waals surface area contributed by atoms with Crippen molar-refractivity contribution in [3.05, 3.63) is 110 Å². The summed E-state index contributed by atoms with van der Waals surface area (Å²) in [5.41, 5.74) is 2.48. The SMILES string of the molecule is Cc1ccc(Cn2c(=O)n(-c3ccc(C)c(F)c3)c(=O)c3sc4ccccc4c32)cc1. The largest absolute Gasteiger partial charge is 0.336 e. The van der Waals surface area contributed by atoms with Gasteiger partial charge in [0.25, 0.3) is 5.56 Å². The predicted molar refractivity (Wildman–Crippen MR) is 124 cm³/mol. The molecule has 0 bridgehead atoms. The first-order chi connectivity index (χ1) is 14.9. The fourth-order valence-electron chi connectivity index (χ4n) is 3.82. The Labute approximate surface area is 181 Å². The molecule has 5 rings (SSSR count). The number of rotatable bonds is 3. The first-order valence-electron chi connectivity index (χ1n) is 9.93. The molecule has 0 atom stereocenters. The quantitative estimate of drug-likeness (QED) is 0.396. The van der Waals surface area contributed by atoms with Crippen LogP contribution in [0.2, 0.25) is 0 Å². The van der Waals surface area contributed by atoms with E-state index in [1.165, 1.54) is 17.4 Å². The van der Waals surface area contributed by atoms with Gasteiger partial charge in [-0.05, 0) is 43.2 Å². The molecule has 4 nitrogen and oxygen atoms in total. The van der Waals surface area contributed by atoms with Gasteiger partial charge in [0.05, 0.1) is 17.7 Å². The highest BCUT2D eigenvalue weighted by molar-refractivity contribution is 7.25. The first kappa shape index (κ1) is 19.5. The van der Waals surface area contributed by atoms with Crippen LogP contribution in [0.1, 0.15) is 16.7 Å². The Balaban J connectivity index is 1.88. The summed E-state index contributed by atoms with van der Waals surface area (Å²) in [5, 5.41) is 0.867. The van der Waals surface area contributed by atoms with E-state index in [-0.39, 0.29) is 5.69 Å². The molecule has 3 aromatic carbocycles. The number of fused-ring (bicyclic) bond motifs is 3. The van der Waals surface area contributed by atoms with E-state index in [9.17, 15) is 14.0 Å². The van der Waals surface area contributed by atoms with Crippen LogP contribution in [0.15, 0.2) is 76.3 Å². The van der Waals surface area contributed by atoms with Gasteiger partial charge in [-0.15, -0.1) is 11.3 Å². The van der Waals surface area contributed by atoms with Gasteiger partial charge in [-0.1, -0.05) is 54.1 Å². The van der Waals surface area contributed by atoms with E-state index in [4.69, 9.17) is 0 Å². The third-order valence-corrected chi connectivity index (χ3v) is 6.68. The maximum atomic E-state index is 14.3. The van der Waals surface area contributed by atoms with Crippen molar-refractivity contribution in [1.82, 2.24) is 9.13 Å². The third kappa shape index (κ3) is 3.20. The summed E-state index contributed by atoms with van der Waals surface area (Å²) in [6.45, 7) is 3.96. The Morgan fingerprint density at radius 2 is 1.68 bits per heavy atom. The number of aryl methyl sites for hydroxylation is 2. The van der Waals surface area contributed by atoms with Gasteiger partial charge in [0, 0.05) is 10.1 Å². The number of hydrogen-bond acceptors (Lipinski definition) is 3. The summed E-state index contributed by atoms with van der Waals surface area (Å²) in [6.07, 6.45) is 0. The van der Waals surface area contributed by atoms with Crippen molar-refractivity contribution >= 4 is 31.6 Å². The van der Waals surface area contributed by atoms with Crippen molar-refractivity contribution in [3.8, 4) is 5.69 Å². The maximum absolute atomic E-state index is 14.3. The van der Waals surface area contributed by atoms with Gasteiger partial charge in [-0.2, -0.15) is 0 Å². The van der Waals surface area contributed by atoms with Crippen LogP contribution in [0, 0.1) is 19.7 Å². The van der Waals surface area contributed by atoms with Gasteiger partial charge in [-0.25, -0.2) is 13.8 Å². The zero-order valence-corrected chi connectivity index (χ0v) is 17.9. The van der Waals surface area contributed by atoms with E-state index in [0.717, 1.165) is 25.8 Å². The molecule has 154 valence electrons. The van der Waals surface area contributed by atoms with Crippen LogP contribution in [-0.2, 0) is 6.54 Å². The van der Waals surface area contributed by atoms with Crippen molar-refractivity contribution in [3.63, 3.8) is 0 Å². The number of hydrogen-bond donors (Lipinski definition) is 0. The Morgan fingerprint density at radius 3 is 2.42 bits per heavy atom. The average molecular weight is 431 g/mol. The van der Waals surface area contributed by atoms with Gasteiger partial charge in [0.1, 0.15) is 10.5 Å². The van der Waals surface area contributed by atoms with Gasteiger partial charge in [0.15, 0.2) is 0 Å². The number of halogens is 1. The van der Waals surface area contributed by atoms with Crippen LogP contribution in [0.3, 0.4) is 0 Å². The molecule has 0 radical (unpaired) electrons. The monoisotopic (exact) mass is 430 g/mol. The third-order valence-electron chi connectivity index (χ3n) is 5.53. The molecule has 0 saturated carbocycles. The number of nitrogens with zero attached hydrogens (tertiary/aromatic N) is 2. The molecule has 0 aliphatic rings. The van der Waals surface area contributed by atoms with Crippen LogP contribution in [0.25, 0.3) is 26.0 Å². The van der Waals surface area contributed by atoms with Crippen LogP contribution < -0.4 is 11.2 Å². The Bertz CT molecular complexity index is 1580. The van der Waals surface area contributed by atoms with E-state index in [1.807, 2.05) is 55.5 Å². The molecule has 0 aliphatic heterocycles. The Morgan fingerprint density at radius 1 is 0.935 bits per heavy atom. The molecule has 2 heterocycles. The molecule has 0 spiro atoms. The smallest absolute Gasteiger partial charge is 0.287 e. The normalized spacial score (nSPS) is 11.5. The maximum Gasteiger partial charge on any atom is 0.336 e. The molecule has 0 fully saturated rings. The molecule has 31 heavy (non-hydrogen) atoms. The number of aromatic nitrogens is 2. The van der Waals surface area contributed by atoms with E-state index in [2.05, 4.69) is 0 Å². The predicted octanol–water partition coefficient (Wildman–Crippen LogP) is 5.17. The summed E-state index contributed by atoms with van der Waals surface area (Å²) >= 11 is 1.35. The number of thiophene rings is 1. The molecule has 0 amide bonds. The van der Waals surface area contributed by atoms with Crippen molar-refractivity contribution < 1.29 is 4.39 Å². The first-order valence-corrected chi connectivity index (χ1v) is 10.7. The highest BCUT2D eigenvalue weighted by atomic mass is 32.1. The molecular weight excluding hydrogens is 411 g/mol. The van der Waals surface area contributed by atoms with E-state index in [0.29, 0.717) is 22.3 Å². The lowest BCUT2D eigenvalue weighted by molar-refractivity contribution is 0.615. The van der Waals surface area contributed by atoms with Crippen LogP contribution in [0.4, 0.5) is 4.39 Å². The van der Waals surface area contributed by atoms with Crippen molar-refractivity contribution in [2.24, 2.45) is 0 Å². The number of benzene rings is 3. The van der Waals surface area contributed by atoms with E-state index < -0.39 is 17.1 Å². The molecule has 0 saturated heterocycles. The molecular formula is C25H19FN2O2S. The Kier molecular flexibility index (Phi) is 4.59. The van der Waals surface area contributed by atoms with Gasteiger partial charge in [0.2, 0.25) is 0 Å². The molecule has 0 N–H and O–H groups in total. The summed E-state index contributed by atoms with van der Waals surface area (Å²) in [6, 6.07) is 20.0. The summed E-state index contributed by atoms with van der Waals surface area (Å²) in [5.74, 6) is -0.453. The van der Waals surface area contributed by atoms with E-state index >= 15 is 0 Å². The molecule has 5 aromatic rings. The van der Waals surface area contributed by atoms with Gasteiger partial charge >= 0.3 is 5.69 Å². The summed E-state index contributed by atoms with van der Waals surface area (Å²) in [7, 11) is 0. The van der Waals surface area contributed by atoms with Crippen molar-refractivity contribution in [2.45, 2.75) is 20.4 Å². The van der Waals surface area contributed by atoms with Crippen molar-refractivity contribution in [2.75, 3.05) is 0 Å². The topological polar surface area (TPSA) is 44.0 Å². The minimum absolute atomic E-state index is 0.232. The summed E-state index contributed by atoms with van der Waals surface area (Å²) in [4.78, 5) is 27.0.